The molecule has 2 aromatic rings. The van der Waals surface area contributed by atoms with Gasteiger partial charge >= 0.3 is 0 Å². The number of amides is 3. The maximum Gasteiger partial charge on any atom is 0.262 e. The molecule has 0 bridgehead atoms. The number of nitrogens with one attached hydrogen (secondary N) is 1. The smallest absolute Gasteiger partial charge is 0.262 e. The van der Waals surface area contributed by atoms with E-state index in [1.807, 2.05) is 0 Å². The van der Waals surface area contributed by atoms with Crippen LogP contribution in [-0.2, 0) is 4.79 Å². The largest absolute Gasteiger partial charge is 0.495 e. The molecular weight excluding hydrogens is 346 g/mol. The van der Waals surface area contributed by atoms with Crippen LogP contribution in [0.1, 0.15) is 34.6 Å². The number of hydrogen-bond donors (Lipinski definition) is 2. The van der Waals surface area contributed by atoms with Crippen LogP contribution in [0, 0.1) is 5.92 Å². The number of carbonyl (C=O) groups is 3. The topological polar surface area (TPSA) is 102 Å². The molecule has 7 heteroatoms. The minimum atomic E-state index is -0.944. The summed E-state index contributed by atoms with van der Waals surface area (Å²) in [5, 5.41) is 2.74. The van der Waals surface area contributed by atoms with Crippen LogP contribution in [0.25, 0.3) is 0 Å². The predicted octanol–water partition coefficient (Wildman–Crippen LogP) is 2.54. The van der Waals surface area contributed by atoms with E-state index in [2.05, 4.69) is 5.32 Å². The highest BCUT2D eigenvalue weighted by molar-refractivity contribution is 6.23. The number of anilines is 2. The molecule has 1 aliphatic rings. The standard InChI is InChI=1S/C20H21N3O4/c1-11(2)17(18(24)22-12-8-9-16(27-3)15(21)10-12)23-19(25)13-6-4-5-7-14(13)20(23)26/h4-11,17H,21H2,1-3H3,(H,22,24). The number of nitrogen functional groups attached to an aromatic ring is 1. The molecule has 0 saturated heterocycles. The zero-order chi connectivity index (χ0) is 19.7. The van der Waals surface area contributed by atoms with Gasteiger partial charge in [-0.1, -0.05) is 26.0 Å². The van der Waals surface area contributed by atoms with Crippen molar-refractivity contribution in [2.45, 2.75) is 19.9 Å². The summed E-state index contributed by atoms with van der Waals surface area (Å²) in [7, 11) is 1.50. The molecule has 3 amide bonds. The fourth-order valence-corrected chi connectivity index (χ4v) is 3.21. The first-order chi connectivity index (χ1) is 12.8. The maximum absolute atomic E-state index is 12.9. The molecule has 7 nitrogen and oxygen atoms in total. The fraction of sp³-hybridized carbons (Fsp3) is 0.250. The molecule has 1 aliphatic heterocycles. The fourth-order valence-electron chi connectivity index (χ4n) is 3.21. The Morgan fingerprint density at radius 3 is 2.15 bits per heavy atom. The molecule has 0 spiro atoms. The lowest BCUT2D eigenvalue weighted by atomic mass is 10.0. The van der Waals surface area contributed by atoms with Gasteiger partial charge in [0.05, 0.1) is 23.9 Å². The first kappa shape index (κ1) is 18.4. The number of benzene rings is 2. The van der Waals surface area contributed by atoms with Gasteiger partial charge in [-0.15, -0.1) is 0 Å². The third kappa shape index (κ3) is 3.23. The number of rotatable bonds is 5. The molecular formula is C20H21N3O4. The van der Waals surface area contributed by atoms with Crippen molar-refractivity contribution in [3.8, 4) is 5.75 Å². The average Bonchev–Trinajstić information content (AvgIpc) is 2.87. The molecule has 3 N–H and O–H groups in total. The lowest BCUT2D eigenvalue weighted by Gasteiger charge is -2.28. The Morgan fingerprint density at radius 1 is 1.07 bits per heavy atom. The summed E-state index contributed by atoms with van der Waals surface area (Å²) in [6, 6.07) is 10.5. The van der Waals surface area contributed by atoms with Gasteiger partial charge in [0.2, 0.25) is 5.91 Å². The van der Waals surface area contributed by atoms with Crippen molar-refractivity contribution in [3.63, 3.8) is 0 Å². The third-order valence-electron chi connectivity index (χ3n) is 4.50. The van der Waals surface area contributed by atoms with Gasteiger partial charge < -0.3 is 15.8 Å². The third-order valence-corrected chi connectivity index (χ3v) is 4.50. The predicted molar refractivity (Wildman–Crippen MR) is 102 cm³/mol. The van der Waals surface area contributed by atoms with Gasteiger partial charge in [0.1, 0.15) is 11.8 Å². The molecule has 1 atom stereocenters. The molecule has 2 aromatic carbocycles. The van der Waals surface area contributed by atoms with Crippen molar-refractivity contribution in [1.82, 2.24) is 4.90 Å². The molecule has 0 aliphatic carbocycles. The van der Waals surface area contributed by atoms with E-state index in [1.165, 1.54) is 7.11 Å². The van der Waals surface area contributed by atoms with Gasteiger partial charge in [-0.25, -0.2) is 0 Å². The maximum atomic E-state index is 12.9. The van der Waals surface area contributed by atoms with Crippen molar-refractivity contribution < 1.29 is 19.1 Å². The van der Waals surface area contributed by atoms with Crippen molar-refractivity contribution in [2.24, 2.45) is 5.92 Å². The molecule has 1 unspecified atom stereocenters. The van der Waals surface area contributed by atoms with Crippen LogP contribution in [0.2, 0.25) is 0 Å². The molecule has 0 aromatic heterocycles. The lowest BCUT2D eigenvalue weighted by Crippen LogP contribution is -2.50. The summed E-state index contributed by atoms with van der Waals surface area (Å²) in [6.45, 7) is 3.58. The molecule has 27 heavy (non-hydrogen) atoms. The Labute approximate surface area is 157 Å². The first-order valence-electron chi connectivity index (χ1n) is 8.56. The summed E-state index contributed by atoms with van der Waals surface area (Å²) in [5.74, 6) is -1.15. The highest BCUT2D eigenvalue weighted by Gasteiger charge is 2.43. The van der Waals surface area contributed by atoms with E-state index in [-0.39, 0.29) is 5.92 Å². The van der Waals surface area contributed by atoms with Crippen molar-refractivity contribution in [1.29, 1.82) is 0 Å². The number of nitrogens with two attached hydrogens (primary N) is 1. The van der Waals surface area contributed by atoms with Crippen LogP contribution in [0.5, 0.6) is 5.75 Å². The number of imide groups is 1. The Balaban J connectivity index is 1.88. The SMILES string of the molecule is COc1ccc(NC(=O)C(C(C)C)N2C(=O)c3ccccc3C2=O)cc1N. The van der Waals surface area contributed by atoms with Crippen molar-refractivity contribution >= 4 is 29.1 Å². The highest BCUT2D eigenvalue weighted by Crippen LogP contribution is 2.29. The normalized spacial score (nSPS) is 14.3. The number of methoxy groups -OCH3 is 1. The van der Waals surface area contributed by atoms with E-state index in [9.17, 15) is 14.4 Å². The number of hydrogen-bond acceptors (Lipinski definition) is 5. The Bertz CT molecular complexity index is 888. The first-order valence-corrected chi connectivity index (χ1v) is 8.56. The molecule has 0 saturated carbocycles. The average molecular weight is 367 g/mol. The van der Waals surface area contributed by atoms with Gasteiger partial charge in [-0.05, 0) is 36.2 Å². The molecule has 0 radical (unpaired) electrons. The van der Waals surface area contributed by atoms with Crippen LogP contribution in [0.3, 0.4) is 0 Å². The minimum absolute atomic E-state index is 0.275. The van der Waals surface area contributed by atoms with Gasteiger partial charge in [-0.3, -0.25) is 19.3 Å². The van der Waals surface area contributed by atoms with Gasteiger partial charge in [0, 0.05) is 5.69 Å². The van der Waals surface area contributed by atoms with Crippen LogP contribution in [-0.4, -0.2) is 35.8 Å². The Morgan fingerprint density at radius 2 is 1.67 bits per heavy atom. The van der Waals surface area contributed by atoms with Crippen LogP contribution in [0.4, 0.5) is 11.4 Å². The number of carbonyl (C=O) groups excluding carboxylic acids is 3. The summed E-state index contributed by atoms with van der Waals surface area (Å²) in [6.07, 6.45) is 0. The molecule has 0 fully saturated rings. The van der Waals surface area contributed by atoms with E-state index in [0.717, 1.165) is 4.90 Å². The second kappa shape index (κ2) is 7.11. The Hall–Kier alpha value is -3.35. The Kier molecular flexibility index (Phi) is 4.85. The van der Waals surface area contributed by atoms with Gasteiger partial charge in [-0.2, -0.15) is 0 Å². The summed E-state index contributed by atoms with van der Waals surface area (Å²) < 4.78 is 5.10. The summed E-state index contributed by atoms with van der Waals surface area (Å²) >= 11 is 0. The number of fused-ring (bicyclic) bond motifs is 1. The summed E-state index contributed by atoms with van der Waals surface area (Å²) in [4.78, 5) is 39.4. The van der Waals surface area contributed by atoms with E-state index >= 15 is 0 Å². The second-order valence-corrected chi connectivity index (χ2v) is 6.66. The van der Waals surface area contributed by atoms with E-state index in [0.29, 0.717) is 28.3 Å². The number of ether oxygens (including phenoxy) is 1. The van der Waals surface area contributed by atoms with Crippen LogP contribution < -0.4 is 15.8 Å². The summed E-state index contributed by atoms with van der Waals surface area (Å²) in [5.41, 5.74) is 7.33. The minimum Gasteiger partial charge on any atom is -0.495 e. The quantitative estimate of drug-likeness (QED) is 0.625. The highest BCUT2D eigenvalue weighted by atomic mass is 16.5. The van der Waals surface area contributed by atoms with Gasteiger partial charge in [0.25, 0.3) is 11.8 Å². The second-order valence-electron chi connectivity index (χ2n) is 6.66. The van der Waals surface area contributed by atoms with Crippen molar-refractivity contribution in [3.05, 3.63) is 53.6 Å². The zero-order valence-electron chi connectivity index (χ0n) is 15.4. The van der Waals surface area contributed by atoms with E-state index < -0.39 is 23.8 Å². The molecule has 3 rings (SSSR count). The van der Waals surface area contributed by atoms with Crippen LogP contribution >= 0.6 is 0 Å². The number of nitrogens with zero attached hydrogens (tertiary/aromatic N) is 1. The van der Waals surface area contributed by atoms with Gasteiger partial charge in [0.15, 0.2) is 0 Å². The van der Waals surface area contributed by atoms with E-state index in [4.69, 9.17) is 10.5 Å². The monoisotopic (exact) mass is 367 g/mol. The molecule has 140 valence electrons. The van der Waals surface area contributed by atoms with Crippen LogP contribution in [0.15, 0.2) is 42.5 Å². The molecule has 1 heterocycles. The van der Waals surface area contributed by atoms with E-state index in [1.54, 1.807) is 56.3 Å². The lowest BCUT2D eigenvalue weighted by molar-refractivity contribution is -0.121. The van der Waals surface area contributed by atoms with Crippen molar-refractivity contribution in [2.75, 3.05) is 18.2 Å². The zero-order valence-corrected chi connectivity index (χ0v) is 15.4.